The summed E-state index contributed by atoms with van der Waals surface area (Å²) in [7, 11) is 0. The largest absolute Gasteiger partial charge is 0.369 e. The van der Waals surface area contributed by atoms with Crippen molar-refractivity contribution in [3.63, 3.8) is 0 Å². The molecular formula is C30H38N4O. The van der Waals surface area contributed by atoms with E-state index in [0.29, 0.717) is 5.92 Å². The lowest BCUT2D eigenvalue weighted by Gasteiger charge is -2.36. The number of nitrogens with one attached hydrogen (secondary N) is 1. The van der Waals surface area contributed by atoms with Gasteiger partial charge in [-0.1, -0.05) is 80.6 Å². The SMILES string of the molecule is CC(C)C[C@@H](C(=O)NCN)c1cccc(-c2ccc(N3CCN(Cc4ccccc4)CC3)cc2)c1. The first kappa shape index (κ1) is 25.0. The average molecular weight is 471 g/mol. The predicted molar refractivity (Wildman–Crippen MR) is 145 cm³/mol. The van der Waals surface area contributed by atoms with Crippen molar-refractivity contribution >= 4 is 11.6 Å². The van der Waals surface area contributed by atoms with Gasteiger partial charge in [0.25, 0.3) is 0 Å². The number of nitrogens with two attached hydrogens (primary N) is 1. The van der Waals surface area contributed by atoms with Crippen LogP contribution < -0.4 is 16.0 Å². The van der Waals surface area contributed by atoms with Crippen LogP contribution in [-0.2, 0) is 11.3 Å². The Kier molecular flexibility index (Phi) is 8.56. The number of hydrogen-bond acceptors (Lipinski definition) is 4. The highest BCUT2D eigenvalue weighted by Crippen LogP contribution is 2.30. The molecule has 3 N–H and O–H groups in total. The molecule has 1 atom stereocenters. The van der Waals surface area contributed by atoms with E-state index in [1.807, 2.05) is 6.07 Å². The first-order valence-corrected chi connectivity index (χ1v) is 12.7. The first-order valence-electron chi connectivity index (χ1n) is 12.7. The molecule has 5 nitrogen and oxygen atoms in total. The zero-order valence-corrected chi connectivity index (χ0v) is 21.0. The lowest BCUT2D eigenvalue weighted by molar-refractivity contribution is -0.122. The van der Waals surface area contributed by atoms with Gasteiger partial charge in [0.1, 0.15) is 0 Å². The van der Waals surface area contributed by atoms with E-state index in [1.54, 1.807) is 0 Å². The highest BCUT2D eigenvalue weighted by molar-refractivity contribution is 5.84. The van der Waals surface area contributed by atoms with Crippen molar-refractivity contribution in [2.75, 3.05) is 37.7 Å². The molecule has 3 aromatic carbocycles. The van der Waals surface area contributed by atoms with Crippen molar-refractivity contribution in [2.45, 2.75) is 32.7 Å². The van der Waals surface area contributed by atoms with Gasteiger partial charge in [-0.25, -0.2) is 0 Å². The van der Waals surface area contributed by atoms with Crippen molar-refractivity contribution < 1.29 is 4.79 Å². The maximum atomic E-state index is 12.7. The monoisotopic (exact) mass is 470 g/mol. The molecule has 0 aromatic heterocycles. The summed E-state index contributed by atoms with van der Waals surface area (Å²) < 4.78 is 0. The first-order chi connectivity index (χ1) is 17.0. The number of anilines is 1. The molecule has 0 saturated carbocycles. The smallest absolute Gasteiger partial charge is 0.228 e. The summed E-state index contributed by atoms with van der Waals surface area (Å²) in [6.45, 7) is 9.69. The minimum absolute atomic E-state index is 0.0000968. The van der Waals surface area contributed by atoms with Crippen molar-refractivity contribution in [3.8, 4) is 11.1 Å². The third-order valence-corrected chi connectivity index (χ3v) is 6.78. The highest BCUT2D eigenvalue weighted by Gasteiger charge is 2.22. The minimum Gasteiger partial charge on any atom is -0.369 e. The van der Waals surface area contributed by atoms with Gasteiger partial charge in [-0.15, -0.1) is 0 Å². The van der Waals surface area contributed by atoms with Crippen LogP contribution in [0.15, 0.2) is 78.9 Å². The normalized spacial score (nSPS) is 15.3. The third kappa shape index (κ3) is 6.71. The number of hydrogen-bond donors (Lipinski definition) is 2. The van der Waals surface area contributed by atoms with Gasteiger partial charge in [-0.2, -0.15) is 0 Å². The number of nitrogens with zero attached hydrogens (tertiary/aromatic N) is 2. The molecule has 0 unspecified atom stereocenters. The quantitative estimate of drug-likeness (QED) is 0.440. The molecule has 0 aliphatic carbocycles. The second kappa shape index (κ2) is 12.0. The molecule has 1 saturated heterocycles. The van der Waals surface area contributed by atoms with Gasteiger partial charge < -0.3 is 16.0 Å². The van der Waals surface area contributed by atoms with Crippen LogP contribution in [0.2, 0.25) is 0 Å². The van der Waals surface area contributed by atoms with Gasteiger partial charge in [-0.05, 0) is 46.7 Å². The maximum absolute atomic E-state index is 12.7. The summed E-state index contributed by atoms with van der Waals surface area (Å²) >= 11 is 0. The lowest BCUT2D eigenvalue weighted by atomic mass is 9.88. The molecule has 5 heteroatoms. The van der Waals surface area contributed by atoms with Gasteiger partial charge in [0.2, 0.25) is 5.91 Å². The van der Waals surface area contributed by atoms with Crippen molar-refractivity contribution in [2.24, 2.45) is 11.7 Å². The van der Waals surface area contributed by atoms with E-state index in [0.717, 1.165) is 50.3 Å². The number of carbonyl (C=O) groups is 1. The van der Waals surface area contributed by atoms with Crippen LogP contribution in [-0.4, -0.2) is 43.7 Å². The fourth-order valence-electron chi connectivity index (χ4n) is 4.90. The Balaban J connectivity index is 1.41. The molecule has 0 spiro atoms. The zero-order chi connectivity index (χ0) is 24.6. The van der Waals surface area contributed by atoms with Crippen LogP contribution in [0.1, 0.15) is 37.3 Å². The minimum atomic E-state index is -0.190. The van der Waals surface area contributed by atoms with Crippen LogP contribution in [0.4, 0.5) is 5.69 Å². The topological polar surface area (TPSA) is 61.6 Å². The molecule has 4 rings (SSSR count). The predicted octanol–water partition coefficient (Wildman–Crippen LogP) is 4.84. The molecule has 0 radical (unpaired) electrons. The second-order valence-corrected chi connectivity index (χ2v) is 9.85. The number of piperazine rings is 1. The summed E-state index contributed by atoms with van der Waals surface area (Å²) in [5.41, 5.74) is 11.6. The van der Waals surface area contributed by atoms with Crippen molar-refractivity contribution in [1.29, 1.82) is 0 Å². The number of carbonyl (C=O) groups excluding carboxylic acids is 1. The van der Waals surface area contributed by atoms with E-state index in [-0.39, 0.29) is 18.5 Å². The lowest BCUT2D eigenvalue weighted by Crippen LogP contribution is -2.45. The van der Waals surface area contributed by atoms with E-state index < -0.39 is 0 Å². The fraction of sp³-hybridized carbons (Fsp3) is 0.367. The molecule has 184 valence electrons. The number of rotatable bonds is 9. The molecule has 1 aliphatic rings. The van der Waals surface area contributed by atoms with E-state index in [1.165, 1.54) is 16.8 Å². The van der Waals surface area contributed by atoms with Gasteiger partial charge in [0, 0.05) is 38.4 Å². The molecule has 0 bridgehead atoms. The van der Waals surface area contributed by atoms with Crippen LogP contribution in [0.5, 0.6) is 0 Å². The molecular weight excluding hydrogens is 432 g/mol. The van der Waals surface area contributed by atoms with E-state index in [2.05, 4.69) is 102 Å². The van der Waals surface area contributed by atoms with Gasteiger partial charge in [-0.3, -0.25) is 9.69 Å². The Morgan fingerprint density at radius 3 is 2.26 bits per heavy atom. The molecule has 1 amide bonds. The second-order valence-electron chi connectivity index (χ2n) is 9.85. The van der Waals surface area contributed by atoms with Gasteiger partial charge >= 0.3 is 0 Å². The van der Waals surface area contributed by atoms with Gasteiger partial charge in [0.15, 0.2) is 0 Å². The Morgan fingerprint density at radius 2 is 1.60 bits per heavy atom. The Morgan fingerprint density at radius 1 is 0.886 bits per heavy atom. The molecule has 1 heterocycles. The number of benzene rings is 3. The summed E-state index contributed by atoms with van der Waals surface area (Å²) in [5.74, 6) is 0.227. The summed E-state index contributed by atoms with van der Waals surface area (Å²) in [4.78, 5) is 17.7. The molecule has 1 aliphatic heterocycles. The highest BCUT2D eigenvalue weighted by atomic mass is 16.1. The maximum Gasteiger partial charge on any atom is 0.228 e. The Labute approximate surface area is 209 Å². The van der Waals surface area contributed by atoms with Crippen LogP contribution in [0.3, 0.4) is 0 Å². The van der Waals surface area contributed by atoms with Crippen LogP contribution in [0.25, 0.3) is 11.1 Å². The van der Waals surface area contributed by atoms with Crippen LogP contribution in [0, 0.1) is 5.92 Å². The summed E-state index contributed by atoms with van der Waals surface area (Å²) in [5, 5.41) is 2.80. The zero-order valence-electron chi connectivity index (χ0n) is 21.0. The van der Waals surface area contributed by atoms with E-state index >= 15 is 0 Å². The molecule has 1 fully saturated rings. The number of amides is 1. The fourth-order valence-corrected chi connectivity index (χ4v) is 4.90. The van der Waals surface area contributed by atoms with Crippen molar-refractivity contribution in [3.05, 3.63) is 90.0 Å². The summed E-state index contributed by atoms with van der Waals surface area (Å²) in [6, 6.07) is 27.9. The Hall–Kier alpha value is -3.15. The summed E-state index contributed by atoms with van der Waals surface area (Å²) in [6.07, 6.45) is 0.796. The third-order valence-electron chi connectivity index (χ3n) is 6.78. The van der Waals surface area contributed by atoms with Gasteiger partial charge in [0.05, 0.1) is 12.6 Å². The van der Waals surface area contributed by atoms with E-state index in [9.17, 15) is 4.79 Å². The molecule has 35 heavy (non-hydrogen) atoms. The standard InChI is InChI=1S/C30H38N4O/c1-23(2)19-29(30(35)32-22-31)27-10-6-9-26(20-27)25-11-13-28(14-12-25)34-17-15-33(16-18-34)21-24-7-4-3-5-8-24/h3-14,20,23,29H,15-19,21-22,31H2,1-2H3,(H,32,35)/t29-/m1/s1. The van der Waals surface area contributed by atoms with E-state index in [4.69, 9.17) is 5.73 Å². The Bertz CT molecular complexity index is 1070. The van der Waals surface area contributed by atoms with Crippen LogP contribution >= 0.6 is 0 Å². The average Bonchev–Trinajstić information content (AvgIpc) is 2.88. The van der Waals surface area contributed by atoms with Crippen molar-refractivity contribution in [1.82, 2.24) is 10.2 Å². The molecule has 3 aromatic rings.